The number of amides is 3. The molecule has 2 aliphatic heterocycles. The number of benzene rings is 2. The van der Waals surface area contributed by atoms with Gasteiger partial charge in [-0.05, 0) is 50.1 Å². The smallest absolute Gasteiger partial charge is 0.424 e. The molecule has 1 unspecified atom stereocenters. The van der Waals surface area contributed by atoms with Crippen molar-refractivity contribution in [1.82, 2.24) is 20.1 Å². The van der Waals surface area contributed by atoms with Gasteiger partial charge in [0.05, 0.1) is 36.6 Å². The molecule has 49 heavy (non-hydrogen) atoms. The molecule has 256 valence electrons. The van der Waals surface area contributed by atoms with E-state index < -0.39 is 70.9 Å². The van der Waals surface area contributed by atoms with Gasteiger partial charge in [-0.2, -0.15) is 27.1 Å². The van der Waals surface area contributed by atoms with Crippen LogP contribution in [0.15, 0.2) is 42.6 Å². The number of alkyl halides is 5. The number of hydrogen-bond acceptors (Lipinski definition) is 8. The van der Waals surface area contributed by atoms with Crippen molar-refractivity contribution in [1.29, 1.82) is 0 Å². The summed E-state index contributed by atoms with van der Waals surface area (Å²) in [4.78, 5) is 41.7. The molecule has 1 aliphatic carbocycles. The molecule has 2 atom stereocenters. The molecule has 1 fully saturated rings. The Morgan fingerprint density at radius 1 is 1.18 bits per heavy atom. The minimum Gasteiger partial charge on any atom is -0.494 e. The molecule has 2 aromatic heterocycles. The topological polar surface area (TPSA) is 171 Å². The summed E-state index contributed by atoms with van der Waals surface area (Å²) in [6.07, 6.45) is -1.92. The van der Waals surface area contributed by atoms with Crippen molar-refractivity contribution in [2.24, 2.45) is 5.73 Å². The van der Waals surface area contributed by atoms with E-state index in [1.807, 2.05) is 5.32 Å². The lowest BCUT2D eigenvalue weighted by atomic mass is 9.81. The summed E-state index contributed by atoms with van der Waals surface area (Å²) in [7, 11) is 1.35. The molecule has 0 saturated heterocycles. The van der Waals surface area contributed by atoms with Gasteiger partial charge >= 0.3 is 12.1 Å². The number of rotatable bonds is 8. The maximum Gasteiger partial charge on any atom is 0.424 e. The fourth-order valence-corrected chi connectivity index (χ4v) is 5.96. The van der Waals surface area contributed by atoms with Crippen LogP contribution in [0.1, 0.15) is 53.0 Å². The Hall–Kier alpha value is -5.32. The summed E-state index contributed by atoms with van der Waals surface area (Å²) < 4.78 is 86.7. The van der Waals surface area contributed by atoms with Crippen LogP contribution >= 0.6 is 0 Å². The van der Waals surface area contributed by atoms with E-state index in [0.29, 0.717) is 10.9 Å². The summed E-state index contributed by atoms with van der Waals surface area (Å²) in [5.74, 6) is -7.56. The molecule has 5 N–H and O–H groups in total. The second-order valence-electron chi connectivity index (χ2n) is 12.5. The third kappa shape index (κ3) is 4.93. The number of pyridine rings is 1. The molecule has 4 aromatic rings. The first-order valence-electron chi connectivity index (χ1n) is 14.9. The van der Waals surface area contributed by atoms with Gasteiger partial charge in [0.2, 0.25) is 11.5 Å². The Balaban J connectivity index is 1.30. The van der Waals surface area contributed by atoms with Crippen LogP contribution in [0.5, 0.6) is 11.5 Å². The van der Waals surface area contributed by atoms with Crippen molar-refractivity contribution in [2.45, 2.75) is 48.9 Å². The van der Waals surface area contributed by atoms with Crippen LogP contribution in [0, 0.1) is 0 Å². The minimum absolute atomic E-state index is 0.0799. The van der Waals surface area contributed by atoms with Crippen LogP contribution in [0.25, 0.3) is 22.2 Å². The average Bonchev–Trinajstić information content (AvgIpc) is 3.66. The van der Waals surface area contributed by atoms with Gasteiger partial charge in [0.1, 0.15) is 34.7 Å². The summed E-state index contributed by atoms with van der Waals surface area (Å²) in [6.45, 7) is -0.575. The largest absolute Gasteiger partial charge is 0.494 e. The first kappa shape index (κ1) is 32.2. The standard InChI is InChI=1S/C32H27F5N6O6/c1-29(27(38)45)13-49-25-19(29)10-22(41-24(25)14-3-6-20-18(8-14)31(33,34)28(46)40-20)30(47,32(35,36)37)12-39-26(44)15-7-16-11-43(17-4-5-17)42-23(16)21(9-15)48-2/h3,6-11,17,47H,4-5,12-13H2,1-2H3,(H2,38,45)(H,39,44)(H,40,46)/t29-,30?/m0/s1. The fourth-order valence-electron chi connectivity index (χ4n) is 5.96. The zero-order chi connectivity index (χ0) is 35.3. The number of ether oxygens (including phenoxy) is 2. The SMILES string of the molecule is COc1cc(C(=O)NCC(O)(c2cc3c(c(-c4ccc5c(c4)C(F)(F)C(=O)N5)n2)OC[C@]3(C)C(N)=O)C(F)(F)F)cc2cn(C3CC3)nc12. The predicted octanol–water partition coefficient (Wildman–Crippen LogP) is 3.80. The molecule has 1 saturated carbocycles. The maximum atomic E-state index is 14.9. The molecule has 3 aliphatic rings. The summed E-state index contributed by atoms with van der Waals surface area (Å²) >= 11 is 0. The van der Waals surface area contributed by atoms with Gasteiger partial charge in [-0.1, -0.05) is 6.07 Å². The number of hydrogen-bond donors (Lipinski definition) is 4. The molecular weight excluding hydrogens is 659 g/mol. The lowest BCUT2D eigenvalue weighted by Crippen LogP contribution is -2.51. The van der Waals surface area contributed by atoms with Crippen LogP contribution in [0.4, 0.5) is 27.6 Å². The zero-order valence-electron chi connectivity index (χ0n) is 25.7. The van der Waals surface area contributed by atoms with Crippen molar-refractivity contribution in [3.05, 3.63) is 65.0 Å². The Kier molecular flexibility index (Phi) is 6.97. The number of primary amides is 1. The number of carbonyl (C=O) groups excluding carboxylic acids is 3. The van der Waals surface area contributed by atoms with Gasteiger partial charge in [0.25, 0.3) is 11.8 Å². The average molecular weight is 687 g/mol. The fraction of sp³-hybridized carbons (Fsp3) is 0.344. The number of nitrogens with one attached hydrogen (secondary N) is 2. The minimum atomic E-state index is -5.48. The van der Waals surface area contributed by atoms with E-state index in [-0.39, 0.29) is 39.9 Å². The van der Waals surface area contributed by atoms with Crippen molar-refractivity contribution in [3.8, 4) is 22.8 Å². The Morgan fingerprint density at radius 2 is 1.92 bits per heavy atom. The monoisotopic (exact) mass is 686 g/mol. The predicted molar refractivity (Wildman–Crippen MR) is 161 cm³/mol. The summed E-state index contributed by atoms with van der Waals surface area (Å²) in [6, 6.07) is 6.91. The van der Waals surface area contributed by atoms with Crippen LogP contribution in [-0.2, 0) is 26.5 Å². The normalized spacial score (nSPS) is 20.6. The highest BCUT2D eigenvalue weighted by molar-refractivity contribution is 6.04. The number of aromatic nitrogens is 3. The molecule has 12 nitrogen and oxygen atoms in total. The molecule has 3 amide bonds. The third-order valence-electron chi connectivity index (χ3n) is 9.17. The highest BCUT2D eigenvalue weighted by Crippen LogP contribution is 2.49. The molecule has 4 heterocycles. The number of nitrogens with two attached hydrogens (primary N) is 1. The van der Waals surface area contributed by atoms with E-state index in [1.165, 1.54) is 32.2 Å². The van der Waals surface area contributed by atoms with Crippen LogP contribution in [0.3, 0.4) is 0 Å². The van der Waals surface area contributed by atoms with Crippen LogP contribution in [-0.4, -0.2) is 64.0 Å². The van der Waals surface area contributed by atoms with E-state index in [9.17, 15) is 41.4 Å². The second-order valence-corrected chi connectivity index (χ2v) is 12.5. The van der Waals surface area contributed by atoms with E-state index in [0.717, 1.165) is 31.0 Å². The van der Waals surface area contributed by atoms with Crippen LogP contribution in [0.2, 0.25) is 0 Å². The number of anilines is 1. The number of aliphatic hydroxyl groups is 1. The van der Waals surface area contributed by atoms with Gasteiger partial charge in [-0.3, -0.25) is 19.1 Å². The zero-order valence-corrected chi connectivity index (χ0v) is 25.7. The lowest BCUT2D eigenvalue weighted by molar-refractivity contribution is -0.265. The number of fused-ring (bicyclic) bond motifs is 3. The molecule has 0 bridgehead atoms. The lowest BCUT2D eigenvalue weighted by Gasteiger charge is -2.31. The first-order valence-corrected chi connectivity index (χ1v) is 14.9. The van der Waals surface area contributed by atoms with E-state index in [4.69, 9.17) is 15.2 Å². The van der Waals surface area contributed by atoms with Gasteiger partial charge in [0.15, 0.2) is 0 Å². The molecule has 0 radical (unpaired) electrons. The van der Waals surface area contributed by atoms with Crippen molar-refractivity contribution in [2.75, 3.05) is 25.6 Å². The highest BCUT2D eigenvalue weighted by Gasteiger charge is 2.58. The quantitative estimate of drug-likeness (QED) is 0.203. The molecule has 7 rings (SSSR count). The maximum absolute atomic E-state index is 14.9. The highest BCUT2D eigenvalue weighted by atomic mass is 19.4. The summed E-state index contributed by atoms with van der Waals surface area (Å²) in [5.41, 5.74) is -2.51. The molecule has 2 aromatic carbocycles. The molecule has 0 spiro atoms. The number of halogens is 5. The van der Waals surface area contributed by atoms with Crippen molar-refractivity contribution in [3.63, 3.8) is 0 Å². The first-order chi connectivity index (χ1) is 23.0. The Labute approximate surface area is 273 Å². The van der Waals surface area contributed by atoms with Crippen molar-refractivity contribution >= 4 is 34.3 Å². The van der Waals surface area contributed by atoms with Gasteiger partial charge in [0, 0.05) is 28.3 Å². The van der Waals surface area contributed by atoms with Crippen LogP contribution < -0.4 is 25.8 Å². The van der Waals surface area contributed by atoms with Gasteiger partial charge in [-0.15, -0.1) is 0 Å². The van der Waals surface area contributed by atoms with E-state index in [1.54, 1.807) is 10.9 Å². The van der Waals surface area contributed by atoms with E-state index >= 15 is 0 Å². The van der Waals surface area contributed by atoms with Crippen molar-refractivity contribution < 1.29 is 50.9 Å². The van der Waals surface area contributed by atoms with Gasteiger partial charge in [-0.25, -0.2) is 4.98 Å². The molecular formula is C32H27F5N6O6. The molecule has 17 heteroatoms. The van der Waals surface area contributed by atoms with E-state index in [2.05, 4.69) is 15.4 Å². The third-order valence-corrected chi connectivity index (χ3v) is 9.17. The number of carbonyl (C=O) groups is 3. The van der Waals surface area contributed by atoms with Gasteiger partial charge < -0.3 is 30.9 Å². The Morgan fingerprint density at radius 3 is 2.57 bits per heavy atom. The number of nitrogens with zero attached hydrogens (tertiary/aromatic N) is 3. The summed E-state index contributed by atoms with van der Waals surface area (Å²) in [5, 5.41) is 20.5. The Bertz CT molecular complexity index is 2100. The number of methoxy groups -OCH3 is 1. The second kappa shape index (κ2) is 10.6.